The van der Waals surface area contributed by atoms with Gasteiger partial charge in [0, 0.05) is 4.75 Å². The lowest BCUT2D eigenvalue weighted by molar-refractivity contribution is -0.287. The molecule has 0 aromatic heterocycles. The van der Waals surface area contributed by atoms with Crippen molar-refractivity contribution in [3.05, 3.63) is 30.3 Å². The van der Waals surface area contributed by atoms with Crippen LogP contribution in [0.4, 0.5) is 0 Å². The Labute approximate surface area is 209 Å². The molecule has 3 aliphatic rings. The molecule has 2 amide bonds. The molecule has 36 heavy (non-hydrogen) atoms. The number of benzene rings is 1. The molecular weight excluding hydrogens is 500 g/mol. The van der Waals surface area contributed by atoms with Gasteiger partial charge >= 0.3 is 11.9 Å². The maximum Gasteiger partial charge on any atom is 0.335 e. The summed E-state index contributed by atoms with van der Waals surface area (Å²) < 4.78 is 14.7. The first-order valence-electron chi connectivity index (χ1n) is 11.0. The van der Waals surface area contributed by atoms with Gasteiger partial charge in [-0.3, -0.25) is 9.59 Å². The maximum atomic E-state index is 13.0. The van der Waals surface area contributed by atoms with Crippen LogP contribution >= 0.6 is 11.8 Å². The molecular formula is C22H26N2O11S. The number of amides is 2. The van der Waals surface area contributed by atoms with Gasteiger partial charge in [-0.25, -0.2) is 9.59 Å². The minimum absolute atomic E-state index is 0.310. The number of carboxylic acid groups (broad SMARTS) is 1. The average molecular weight is 527 g/mol. The summed E-state index contributed by atoms with van der Waals surface area (Å²) in [7, 11) is 0. The van der Waals surface area contributed by atoms with Crippen molar-refractivity contribution in [1.82, 2.24) is 10.2 Å². The fourth-order valence-electron chi connectivity index (χ4n) is 4.34. The fourth-order valence-corrected chi connectivity index (χ4v) is 5.96. The number of β-lactam (4-membered cyclic amide) rings is 1. The predicted octanol–water partition coefficient (Wildman–Crippen LogP) is -1.95. The Morgan fingerprint density at radius 3 is 2.42 bits per heavy atom. The lowest BCUT2D eigenvalue weighted by atomic mass is 9.95. The van der Waals surface area contributed by atoms with E-state index >= 15 is 0 Å². The number of aliphatic carboxylic acids is 1. The summed E-state index contributed by atoms with van der Waals surface area (Å²) in [6.45, 7) is 3.06. The largest absolute Gasteiger partial charge is 0.484 e. The zero-order valence-corrected chi connectivity index (χ0v) is 20.0. The van der Waals surface area contributed by atoms with Crippen molar-refractivity contribution in [2.75, 3.05) is 6.61 Å². The van der Waals surface area contributed by atoms with Gasteiger partial charge in [0.05, 0.1) is 0 Å². The summed E-state index contributed by atoms with van der Waals surface area (Å²) in [6, 6.07) is 6.60. The first-order chi connectivity index (χ1) is 16.9. The Balaban J connectivity index is 1.39. The van der Waals surface area contributed by atoms with Gasteiger partial charge in [0.25, 0.3) is 5.91 Å². The van der Waals surface area contributed by atoms with Crippen LogP contribution in [0.2, 0.25) is 0 Å². The van der Waals surface area contributed by atoms with Crippen LogP contribution in [0.5, 0.6) is 5.75 Å². The highest BCUT2D eigenvalue weighted by Crippen LogP contribution is 2.51. The number of rotatable bonds is 7. The maximum absolute atomic E-state index is 13.0. The summed E-state index contributed by atoms with van der Waals surface area (Å²) in [5.74, 6) is -3.19. The molecule has 0 radical (unpaired) electrons. The van der Waals surface area contributed by atoms with E-state index in [4.69, 9.17) is 19.3 Å². The van der Waals surface area contributed by atoms with Crippen molar-refractivity contribution < 1.29 is 53.8 Å². The second-order valence-electron chi connectivity index (χ2n) is 9.08. The van der Waals surface area contributed by atoms with Crippen molar-refractivity contribution in [3.63, 3.8) is 0 Å². The molecule has 13 nitrogen and oxygen atoms in total. The third-order valence-corrected chi connectivity index (χ3v) is 7.71. The molecule has 0 saturated carbocycles. The van der Waals surface area contributed by atoms with E-state index in [-0.39, 0.29) is 6.61 Å². The van der Waals surface area contributed by atoms with Crippen molar-refractivity contribution in [3.8, 4) is 5.75 Å². The molecule has 8 atom stereocenters. The summed E-state index contributed by atoms with van der Waals surface area (Å²) in [5, 5.41) is 41.1. The minimum atomic E-state index is -1.94. The number of fused-ring (bicyclic) bond motifs is 1. The van der Waals surface area contributed by atoms with Gasteiger partial charge < -0.3 is 44.9 Å². The van der Waals surface area contributed by atoms with E-state index in [0.29, 0.717) is 5.75 Å². The van der Waals surface area contributed by atoms with E-state index in [1.54, 1.807) is 44.2 Å². The highest BCUT2D eigenvalue weighted by atomic mass is 32.2. The van der Waals surface area contributed by atoms with Crippen molar-refractivity contribution in [2.24, 2.45) is 0 Å². The number of nitrogens with zero attached hydrogens (tertiary/aromatic N) is 1. The minimum Gasteiger partial charge on any atom is -0.484 e. The van der Waals surface area contributed by atoms with E-state index in [1.165, 1.54) is 16.7 Å². The first-order valence-corrected chi connectivity index (χ1v) is 11.9. The number of aliphatic hydroxyl groups excluding tert-OH is 3. The quantitative estimate of drug-likeness (QED) is 0.195. The number of para-hydroxylation sites is 1. The van der Waals surface area contributed by atoms with Crippen molar-refractivity contribution in [1.29, 1.82) is 0 Å². The lowest BCUT2D eigenvalue weighted by Gasteiger charge is -2.44. The third kappa shape index (κ3) is 4.74. The zero-order chi connectivity index (χ0) is 26.4. The molecule has 3 heterocycles. The van der Waals surface area contributed by atoms with Gasteiger partial charge in [-0.15, -0.1) is 11.8 Å². The van der Waals surface area contributed by atoms with Gasteiger partial charge in [-0.05, 0) is 26.0 Å². The summed E-state index contributed by atoms with van der Waals surface area (Å²) in [4.78, 5) is 50.8. The second kappa shape index (κ2) is 9.86. The number of carbonyl (C=O) groups is 4. The van der Waals surface area contributed by atoms with Crippen molar-refractivity contribution >= 4 is 35.5 Å². The monoisotopic (exact) mass is 526 g/mol. The molecule has 3 saturated heterocycles. The Morgan fingerprint density at radius 1 is 1.11 bits per heavy atom. The number of carbonyl (C=O) groups excluding carboxylic acids is 3. The number of hydrogen-bond acceptors (Lipinski definition) is 11. The highest BCUT2D eigenvalue weighted by Gasteiger charge is 2.65. The molecule has 0 bridgehead atoms. The van der Waals surface area contributed by atoms with Crippen LogP contribution in [-0.2, 0) is 28.7 Å². The molecule has 4 rings (SSSR count). The van der Waals surface area contributed by atoms with Gasteiger partial charge in [0.15, 0.2) is 12.7 Å². The number of aliphatic hydroxyl groups is 3. The Bertz CT molecular complexity index is 1040. The first kappa shape index (κ1) is 26.2. The SMILES string of the molecule is CC1(C)S[C@@H]2[C@H](NC(=O)COc3ccccc3)C(=O)N2[C@H]1C(=O)OC1OC(C(=O)O)C(O)C(O)C1O. The van der Waals surface area contributed by atoms with Gasteiger partial charge in [0.1, 0.15) is 41.5 Å². The summed E-state index contributed by atoms with van der Waals surface area (Å²) in [6.07, 6.45) is -9.64. The summed E-state index contributed by atoms with van der Waals surface area (Å²) >= 11 is 1.25. The topological polar surface area (TPSA) is 192 Å². The van der Waals surface area contributed by atoms with E-state index in [2.05, 4.69) is 5.32 Å². The average Bonchev–Trinajstić information content (AvgIpc) is 3.09. The van der Waals surface area contributed by atoms with Crippen LogP contribution in [0.1, 0.15) is 13.8 Å². The molecule has 1 aromatic carbocycles. The predicted molar refractivity (Wildman–Crippen MR) is 120 cm³/mol. The molecule has 14 heteroatoms. The van der Waals surface area contributed by atoms with Crippen LogP contribution in [0, 0.1) is 0 Å². The highest BCUT2D eigenvalue weighted by molar-refractivity contribution is 8.01. The second-order valence-corrected chi connectivity index (χ2v) is 10.8. The molecule has 0 spiro atoms. The number of thioether (sulfide) groups is 1. The normalized spacial score (nSPS) is 34.8. The number of esters is 1. The van der Waals surface area contributed by atoms with Crippen LogP contribution < -0.4 is 10.1 Å². The molecule has 1 aromatic rings. The number of carboxylic acids is 1. The zero-order valence-electron chi connectivity index (χ0n) is 19.2. The fraction of sp³-hybridized carbons (Fsp3) is 0.545. The van der Waals surface area contributed by atoms with E-state index in [9.17, 15) is 34.5 Å². The molecule has 5 N–H and O–H groups in total. The Morgan fingerprint density at radius 2 is 1.78 bits per heavy atom. The molecule has 3 aliphatic heterocycles. The molecule has 3 fully saturated rings. The molecule has 0 aliphatic carbocycles. The van der Waals surface area contributed by atoms with Crippen LogP contribution in [0.15, 0.2) is 30.3 Å². The smallest absolute Gasteiger partial charge is 0.335 e. The van der Waals surface area contributed by atoms with E-state index < -0.39 is 76.7 Å². The number of hydrogen-bond donors (Lipinski definition) is 5. The molecule has 196 valence electrons. The number of nitrogens with one attached hydrogen (secondary N) is 1. The van der Waals surface area contributed by atoms with Crippen LogP contribution in [0.3, 0.4) is 0 Å². The standard InChI is InChI=1S/C22H26N2O11S/c1-22(2)16(20(32)35-21-14(28)12(26)13(27)15(34-21)19(30)31)24-17(29)11(18(24)36-22)23-10(25)8-33-9-6-4-3-5-7-9/h3-7,11-16,18,21,26-28H,8H2,1-2H3,(H,23,25)(H,30,31)/t11-,12?,13?,14?,15?,16+,18-,21?/m1/s1. The van der Waals surface area contributed by atoms with Gasteiger partial charge in [-0.2, -0.15) is 0 Å². The van der Waals surface area contributed by atoms with E-state index in [0.717, 1.165) is 0 Å². The lowest BCUT2D eigenvalue weighted by Crippen LogP contribution is -2.71. The summed E-state index contributed by atoms with van der Waals surface area (Å²) in [5.41, 5.74) is 0. The Hall–Kier alpha value is -2.91. The van der Waals surface area contributed by atoms with Crippen LogP contribution in [-0.4, -0.2) is 109 Å². The van der Waals surface area contributed by atoms with Crippen molar-refractivity contribution in [2.45, 2.75) is 66.8 Å². The van der Waals surface area contributed by atoms with Gasteiger partial charge in [0.2, 0.25) is 12.2 Å². The number of ether oxygens (including phenoxy) is 3. The third-order valence-electron chi connectivity index (χ3n) is 6.14. The van der Waals surface area contributed by atoms with Crippen LogP contribution in [0.25, 0.3) is 0 Å². The van der Waals surface area contributed by atoms with Gasteiger partial charge in [-0.1, -0.05) is 18.2 Å². The molecule has 5 unspecified atom stereocenters. The van der Waals surface area contributed by atoms with E-state index in [1.807, 2.05) is 0 Å². The Kier molecular flexibility index (Phi) is 7.16.